The van der Waals surface area contributed by atoms with Crippen molar-refractivity contribution in [2.75, 3.05) is 45.9 Å². The van der Waals surface area contributed by atoms with Gasteiger partial charge in [0.2, 0.25) is 11.8 Å². The van der Waals surface area contributed by atoms with Crippen LogP contribution in [0.25, 0.3) is 0 Å². The fraction of sp³-hybridized carbons (Fsp3) is 0.519. The molecule has 0 radical (unpaired) electrons. The van der Waals surface area contributed by atoms with Crippen LogP contribution in [0.15, 0.2) is 42.6 Å². The lowest BCUT2D eigenvalue weighted by Gasteiger charge is -2.38. The fourth-order valence-corrected chi connectivity index (χ4v) is 5.55. The molecular weight excluding hydrogens is 499 g/mol. The molecule has 1 saturated carbocycles. The monoisotopic (exact) mass is 530 g/mol. The Morgan fingerprint density at radius 1 is 0.944 bits per heavy atom. The van der Waals surface area contributed by atoms with Crippen molar-refractivity contribution in [1.29, 1.82) is 0 Å². The number of pyridine rings is 1. The van der Waals surface area contributed by atoms with Crippen LogP contribution in [-0.2, 0) is 4.79 Å². The van der Waals surface area contributed by atoms with Crippen molar-refractivity contribution in [3.8, 4) is 5.88 Å². The van der Waals surface area contributed by atoms with E-state index < -0.39 is 0 Å². The molecule has 1 aliphatic carbocycles. The molecule has 5 rings (SSSR count). The van der Waals surface area contributed by atoms with E-state index in [-0.39, 0.29) is 28.7 Å². The van der Waals surface area contributed by atoms with E-state index in [9.17, 15) is 9.59 Å². The quantitative estimate of drug-likeness (QED) is 0.549. The van der Waals surface area contributed by atoms with Gasteiger partial charge in [0.1, 0.15) is 0 Å². The van der Waals surface area contributed by atoms with Gasteiger partial charge in [0.05, 0.1) is 11.6 Å². The smallest absolute Gasteiger partial charge is 0.320 e. The maximum absolute atomic E-state index is 13.6. The zero-order valence-corrected chi connectivity index (χ0v) is 22.3. The van der Waals surface area contributed by atoms with Gasteiger partial charge in [0.25, 0.3) is 0 Å². The van der Waals surface area contributed by atoms with E-state index in [4.69, 9.17) is 27.9 Å². The first-order chi connectivity index (χ1) is 17.2. The largest absolute Gasteiger partial charge is 0.477 e. The number of carbonyl (C=O) groups excluding carboxylic acids is 2. The standard InChI is InChI=1S/C27H32Cl2N4O3/c1-26(9-10-26)24(34)31-11-13-32(14-12-31)25(35)33-16-22(19-3-5-20(28)6-4-19)27(2,17-33)18-36-23-8-7-21(29)15-30-23/h3-8,15,22H,9-14,16-18H2,1-2H3/t22-,27-/m1/s1. The normalized spacial score (nSPS) is 25.1. The summed E-state index contributed by atoms with van der Waals surface area (Å²) in [6.07, 6.45) is 3.50. The molecule has 2 atom stereocenters. The number of nitrogens with zero attached hydrogens (tertiary/aromatic N) is 4. The third-order valence-electron chi connectivity index (χ3n) is 7.94. The molecule has 7 nitrogen and oxygen atoms in total. The van der Waals surface area contributed by atoms with Crippen molar-refractivity contribution in [1.82, 2.24) is 19.7 Å². The summed E-state index contributed by atoms with van der Waals surface area (Å²) in [5.74, 6) is 0.813. The summed E-state index contributed by atoms with van der Waals surface area (Å²) in [6.45, 7) is 8.05. The molecule has 1 aromatic carbocycles. The number of hydrogen-bond acceptors (Lipinski definition) is 4. The Labute approximate surface area is 222 Å². The summed E-state index contributed by atoms with van der Waals surface area (Å²) >= 11 is 12.1. The Hall–Kier alpha value is -2.51. The van der Waals surface area contributed by atoms with Crippen LogP contribution in [0, 0.1) is 10.8 Å². The van der Waals surface area contributed by atoms with Gasteiger partial charge in [-0.2, -0.15) is 0 Å². The highest BCUT2D eigenvalue weighted by Gasteiger charge is 2.49. The molecule has 36 heavy (non-hydrogen) atoms. The third kappa shape index (κ3) is 5.14. The van der Waals surface area contributed by atoms with E-state index in [0.29, 0.717) is 61.8 Å². The van der Waals surface area contributed by atoms with Crippen molar-refractivity contribution in [2.24, 2.45) is 10.8 Å². The SMILES string of the molecule is CC1(C(=O)N2CCN(C(=O)N3C[C@H](c4ccc(Cl)cc4)[C@@](C)(COc4ccc(Cl)cn4)C3)CC2)CC1. The second-order valence-corrected chi connectivity index (χ2v) is 11.7. The molecule has 0 N–H and O–H groups in total. The first kappa shape index (κ1) is 25.2. The fourth-order valence-electron chi connectivity index (χ4n) is 5.32. The van der Waals surface area contributed by atoms with E-state index in [1.165, 1.54) is 0 Å². The average Bonchev–Trinajstić information content (AvgIpc) is 3.54. The van der Waals surface area contributed by atoms with Gasteiger partial charge in [-0.15, -0.1) is 0 Å². The van der Waals surface area contributed by atoms with Crippen LogP contribution in [-0.4, -0.2) is 77.5 Å². The van der Waals surface area contributed by atoms with Crippen LogP contribution in [0.4, 0.5) is 4.79 Å². The zero-order valence-electron chi connectivity index (χ0n) is 20.8. The van der Waals surface area contributed by atoms with Crippen LogP contribution < -0.4 is 4.74 Å². The highest BCUT2D eigenvalue weighted by molar-refractivity contribution is 6.30. The first-order valence-electron chi connectivity index (χ1n) is 12.5. The molecule has 3 aliphatic rings. The van der Waals surface area contributed by atoms with E-state index in [1.807, 2.05) is 45.9 Å². The Kier molecular flexibility index (Phi) is 6.81. The van der Waals surface area contributed by atoms with Crippen LogP contribution in [0.2, 0.25) is 10.0 Å². The highest BCUT2D eigenvalue weighted by Crippen LogP contribution is 2.47. The van der Waals surface area contributed by atoms with Gasteiger partial charge in [-0.3, -0.25) is 4.79 Å². The summed E-state index contributed by atoms with van der Waals surface area (Å²) in [6, 6.07) is 11.4. The third-order valence-corrected chi connectivity index (χ3v) is 8.42. The van der Waals surface area contributed by atoms with Crippen molar-refractivity contribution >= 4 is 35.1 Å². The molecular formula is C27H32Cl2N4O3. The van der Waals surface area contributed by atoms with Gasteiger partial charge < -0.3 is 19.4 Å². The van der Waals surface area contributed by atoms with E-state index >= 15 is 0 Å². The summed E-state index contributed by atoms with van der Waals surface area (Å²) in [5.41, 5.74) is 0.620. The Bertz CT molecular complexity index is 1110. The minimum absolute atomic E-state index is 0.0204. The molecule has 0 bridgehead atoms. The number of amides is 3. The summed E-state index contributed by atoms with van der Waals surface area (Å²) in [4.78, 5) is 36.3. The van der Waals surface area contributed by atoms with E-state index in [2.05, 4.69) is 11.9 Å². The average molecular weight is 531 g/mol. The number of aromatic nitrogens is 1. The lowest BCUT2D eigenvalue weighted by molar-refractivity contribution is -0.137. The molecule has 2 aliphatic heterocycles. The minimum Gasteiger partial charge on any atom is -0.477 e. The maximum Gasteiger partial charge on any atom is 0.320 e. The van der Waals surface area contributed by atoms with Crippen LogP contribution in [0.3, 0.4) is 0 Å². The Morgan fingerprint density at radius 2 is 1.58 bits per heavy atom. The summed E-state index contributed by atoms with van der Waals surface area (Å²) < 4.78 is 6.08. The molecule has 3 fully saturated rings. The number of urea groups is 1. The number of ether oxygens (including phenoxy) is 1. The highest BCUT2D eigenvalue weighted by atomic mass is 35.5. The molecule has 3 amide bonds. The summed E-state index contributed by atoms with van der Waals surface area (Å²) in [5, 5.41) is 1.23. The minimum atomic E-state index is -0.330. The molecule has 1 aromatic heterocycles. The van der Waals surface area contributed by atoms with Crippen molar-refractivity contribution < 1.29 is 14.3 Å². The molecule has 192 valence electrons. The van der Waals surface area contributed by atoms with Gasteiger partial charge in [-0.1, -0.05) is 49.2 Å². The van der Waals surface area contributed by atoms with Gasteiger partial charge in [0, 0.05) is 73.3 Å². The predicted molar refractivity (Wildman–Crippen MR) is 140 cm³/mol. The molecule has 2 saturated heterocycles. The number of piperazine rings is 1. The molecule has 9 heteroatoms. The lowest BCUT2D eigenvalue weighted by atomic mass is 9.77. The first-order valence-corrected chi connectivity index (χ1v) is 13.3. The Morgan fingerprint density at radius 3 is 2.19 bits per heavy atom. The number of hydrogen-bond donors (Lipinski definition) is 0. The topological polar surface area (TPSA) is 66.0 Å². The van der Waals surface area contributed by atoms with Gasteiger partial charge in [-0.25, -0.2) is 9.78 Å². The second kappa shape index (κ2) is 9.75. The van der Waals surface area contributed by atoms with Crippen molar-refractivity contribution in [3.63, 3.8) is 0 Å². The molecule has 2 aromatic rings. The maximum atomic E-state index is 13.6. The summed E-state index contributed by atoms with van der Waals surface area (Å²) in [7, 11) is 0. The van der Waals surface area contributed by atoms with E-state index in [1.54, 1.807) is 18.3 Å². The van der Waals surface area contributed by atoms with E-state index in [0.717, 1.165) is 18.4 Å². The predicted octanol–water partition coefficient (Wildman–Crippen LogP) is 4.94. The van der Waals surface area contributed by atoms with Gasteiger partial charge >= 0.3 is 6.03 Å². The van der Waals surface area contributed by atoms with Crippen molar-refractivity contribution in [2.45, 2.75) is 32.6 Å². The van der Waals surface area contributed by atoms with Crippen LogP contribution in [0.5, 0.6) is 5.88 Å². The molecule has 0 unspecified atom stereocenters. The van der Waals surface area contributed by atoms with Gasteiger partial charge in [0.15, 0.2) is 0 Å². The lowest BCUT2D eigenvalue weighted by Crippen LogP contribution is -2.55. The van der Waals surface area contributed by atoms with Crippen molar-refractivity contribution in [3.05, 3.63) is 58.2 Å². The van der Waals surface area contributed by atoms with Crippen LogP contribution >= 0.6 is 23.2 Å². The second-order valence-electron chi connectivity index (χ2n) is 10.9. The van der Waals surface area contributed by atoms with Gasteiger partial charge in [-0.05, 0) is 36.6 Å². The molecule has 0 spiro atoms. The van der Waals surface area contributed by atoms with Crippen LogP contribution in [0.1, 0.15) is 38.2 Å². The number of likely N-dealkylation sites (tertiary alicyclic amines) is 1. The number of benzene rings is 1. The number of halogens is 2. The Balaban J connectivity index is 1.28. The number of rotatable bonds is 5. The molecule has 3 heterocycles. The number of carbonyl (C=O) groups is 2. The zero-order chi connectivity index (χ0) is 25.5.